The molecule has 0 aromatic heterocycles. The number of amides is 1. The number of rotatable bonds is 8. The Balaban J connectivity index is 1.46. The van der Waals surface area contributed by atoms with E-state index in [2.05, 4.69) is 78.4 Å². The third-order valence-electron chi connectivity index (χ3n) is 6.05. The van der Waals surface area contributed by atoms with Crippen LogP contribution in [0.3, 0.4) is 0 Å². The number of nitrogens with zero attached hydrogens (tertiary/aromatic N) is 2. The first-order valence-electron chi connectivity index (χ1n) is 11.0. The van der Waals surface area contributed by atoms with Gasteiger partial charge < -0.3 is 10.2 Å². The molecule has 1 aliphatic rings. The van der Waals surface area contributed by atoms with Gasteiger partial charge in [0.15, 0.2) is 0 Å². The van der Waals surface area contributed by atoms with Crippen molar-refractivity contribution in [1.29, 1.82) is 0 Å². The van der Waals surface area contributed by atoms with E-state index in [0.717, 1.165) is 49.8 Å². The van der Waals surface area contributed by atoms with Gasteiger partial charge in [-0.1, -0.05) is 30.3 Å². The molecule has 0 saturated carbocycles. The second-order valence-corrected chi connectivity index (χ2v) is 8.13. The van der Waals surface area contributed by atoms with Crippen LogP contribution in [0.2, 0.25) is 0 Å². The van der Waals surface area contributed by atoms with Crippen LogP contribution >= 0.6 is 0 Å². The van der Waals surface area contributed by atoms with Gasteiger partial charge >= 0.3 is 0 Å². The number of likely N-dealkylation sites (tertiary alicyclic amines) is 1. The van der Waals surface area contributed by atoms with Gasteiger partial charge in [-0.15, -0.1) is 0 Å². The Morgan fingerprint density at radius 2 is 1.76 bits per heavy atom. The van der Waals surface area contributed by atoms with Crippen LogP contribution < -0.4 is 10.2 Å². The van der Waals surface area contributed by atoms with Gasteiger partial charge in [0.25, 0.3) is 0 Å². The zero-order valence-corrected chi connectivity index (χ0v) is 18.2. The average molecular weight is 394 g/mol. The van der Waals surface area contributed by atoms with E-state index in [1.54, 1.807) is 0 Å². The number of hydrogen-bond acceptors (Lipinski definition) is 3. The third-order valence-corrected chi connectivity index (χ3v) is 6.05. The molecule has 1 aliphatic heterocycles. The highest BCUT2D eigenvalue weighted by Crippen LogP contribution is 2.24. The predicted octanol–water partition coefficient (Wildman–Crippen LogP) is 4.73. The molecule has 0 unspecified atom stereocenters. The summed E-state index contributed by atoms with van der Waals surface area (Å²) in [6.45, 7) is 10.9. The predicted molar refractivity (Wildman–Crippen MR) is 123 cm³/mol. The average Bonchev–Trinajstić information content (AvgIpc) is 2.73. The molecule has 0 spiro atoms. The standard InChI is InChI=1S/C25H35N3O/c1-4-28(5-2)23-11-12-24(20(3)17-23)26-25(29)19-27-15-13-22(14-16-27)18-21-9-7-6-8-10-21/h6-12,17,22H,4-5,13-16,18-19H2,1-3H3,(H,26,29). The lowest BCUT2D eigenvalue weighted by molar-refractivity contribution is -0.117. The summed E-state index contributed by atoms with van der Waals surface area (Å²) in [7, 11) is 0. The van der Waals surface area contributed by atoms with Gasteiger partial charge in [-0.05, 0) is 88.4 Å². The SMILES string of the molecule is CCN(CC)c1ccc(NC(=O)CN2CCC(Cc3ccccc3)CC2)c(C)c1. The number of nitrogens with one attached hydrogen (secondary N) is 1. The van der Waals surface area contributed by atoms with Crippen LogP contribution in [0.25, 0.3) is 0 Å². The van der Waals surface area contributed by atoms with Crippen LogP contribution in [-0.4, -0.2) is 43.5 Å². The van der Waals surface area contributed by atoms with E-state index in [4.69, 9.17) is 0 Å². The molecule has 29 heavy (non-hydrogen) atoms. The van der Waals surface area contributed by atoms with Gasteiger partial charge in [-0.3, -0.25) is 9.69 Å². The summed E-state index contributed by atoms with van der Waals surface area (Å²) in [5.74, 6) is 0.816. The monoisotopic (exact) mass is 393 g/mol. The zero-order valence-electron chi connectivity index (χ0n) is 18.2. The van der Waals surface area contributed by atoms with E-state index >= 15 is 0 Å². The molecule has 1 saturated heterocycles. The molecule has 1 amide bonds. The van der Waals surface area contributed by atoms with Crippen LogP contribution in [0.1, 0.15) is 37.8 Å². The molecule has 0 atom stereocenters. The Hall–Kier alpha value is -2.33. The van der Waals surface area contributed by atoms with Gasteiger partial charge in [0.1, 0.15) is 0 Å². The topological polar surface area (TPSA) is 35.6 Å². The fourth-order valence-corrected chi connectivity index (χ4v) is 4.26. The van der Waals surface area contributed by atoms with Gasteiger partial charge in [-0.2, -0.15) is 0 Å². The molecule has 3 rings (SSSR count). The van der Waals surface area contributed by atoms with Crippen molar-refractivity contribution in [2.24, 2.45) is 5.92 Å². The highest BCUT2D eigenvalue weighted by Gasteiger charge is 2.21. The van der Waals surface area contributed by atoms with Gasteiger partial charge in [-0.25, -0.2) is 0 Å². The molecule has 1 heterocycles. The third kappa shape index (κ3) is 6.07. The minimum absolute atomic E-state index is 0.0881. The second-order valence-electron chi connectivity index (χ2n) is 8.13. The summed E-state index contributed by atoms with van der Waals surface area (Å²) in [6.07, 6.45) is 3.48. The van der Waals surface area contributed by atoms with Crippen LogP contribution in [0.5, 0.6) is 0 Å². The molecule has 1 N–H and O–H groups in total. The van der Waals surface area contributed by atoms with Gasteiger partial charge in [0.2, 0.25) is 5.91 Å². The Kier molecular flexibility index (Phi) is 7.70. The van der Waals surface area contributed by atoms with Crippen LogP contribution in [0.4, 0.5) is 11.4 Å². The zero-order chi connectivity index (χ0) is 20.6. The first kappa shape index (κ1) is 21.4. The Morgan fingerprint density at radius 3 is 2.38 bits per heavy atom. The Labute approximate surface area is 175 Å². The normalized spacial score (nSPS) is 15.3. The maximum Gasteiger partial charge on any atom is 0.238 e. The van der Waals surface area contributed by atoms with Crippen LogP contribution in [-0.2, 0) is 11.2 Å². The summed E-state index contributed by atoms with van der Waals surface area (Å²) >= 11 is 0. The fourth-order valence-electron chi connectivity index (χ4n) is 4.26. The van der Waals surface area contributed by atoms with Crippen molar-refractivity contribution < 1.29 is 4.79 Å². The van der Waals surface area contributed by atoms with Crippen molar-refractivity contribution in [3.05, 3.63) is 59.7 Å². The molecule has 1 fully saturated rings. The van der Waals surface area contributed by atoms with Crippen molar-refractivity contribution in [2.75, 3.05) is 42.9 Å². The number of hydrogen-bond donors (Lipinski definition) is 1. The lowest BCUT2D eigenvalue weighted by Crippen LogP contribution is -2.39. The maximum absolute atomic E-state index is 12.6. The molecule has 2 aromatic rings. The quantitative estimate of drug-likeness (QED) is 0.704. The fraction of sp³-hybridized carbons (Fsp3) is 0.480. The van der Waals surface area contributed by atoms with E-state index in [-0.39, 0.29) is 5.91 Å². The van der Waals surface area contributed by atoms with Crippen molar-refractivity contribution in [3.63, 3.8) is 0 Å². The van der Waals surface area contributed by atoms with Crippen molar-refractivity contribution in [2.45, 2.75) is 40.0 Å². The summed E-state index contributed by atoms with van der Waals surface area (Å²) in [5.41, 5.74) is 4.67. The minimum atomic E-state index is 0.0881. The van der Waals surface area contributed by atoms with Crippen LogP contribution in [0, 0.1) is 12.8 Å². The van der Waals surface area contributed by atoms with Crippen molar-refractivity contribution in [3.8, 4) is 0 Å². The van der Waals surface area contributed by atoms with Crippen LogP contribution in [0.15, 0.2) is 48.5 Å². The highest BCUT2D eigenvalue weighted by molar-refractivity contribution is 5.93. The largest absolute Gasteiger partial charge is 0.372 e. The molecule has 4 heteroatoms. The molecular formula is C25H35N3O. The van der Waals surface area contributed by atoms with E-state index in [0.29, 0.717) is 6.54 Å². The van der Waals surface area contributed by atoms with Gasteiger partial charge in [0, 0.05) is 24.5 Å². The maximum atomic E-state index is 12.6. The second kappa shape index (κ2) is 10.4. The van der Waals surface area contributed by atoms with E-state index in [1.165, 1.54) is 24.1 Å². The summed E-state index contributed by atoms with van der Waals surface area (Å²) < 4.78 is 0. The molecule has 0 radical (unpaired) electrons. The number of carbonyl (C=O) groups is 1. The summed E-state index contributed by atoms with van der Waals surface area (Å²) in [5, 5.41) is 3.11. The number of piperidine rings is 1. The summed E-state index contributed by atoms with van der Waals surface area (Å²) in [4.78, 5) is 17.2. The van der Waals surface area contributed by atoms with E-state index in [1.807, 2.05) is 6.07 Å². The number of benzene rings is 2. The first-order chi connectivity index (χ1) is 14.1. The van der Waals surface area contributed by atoms with Crippen molar-refractivity contribution in [1.82, 2.24) is 4.90 Å². The smallest absolute Gasteiger partial charge is 0.238 e. The Bertz CT molecular complexity index is 778. The lowest BCUT2D eigenvalue weighted by Gasteiger charge is -2.31. The van der Waals surface area contributed by atoms with E-state index in [9.17, 15) is 4.79 Å². The highest BCUT2D eigenvalue weighted by atomic mass is 16.2. The van der Waals surface area contributed by atoms with Crippen molar-refractivity contribution >= 4 is 17.3 Å². The minimum Gasteiger partial charge on any atom is -0.372 e. The number of carbonyl (C=O) groups excluding carboxylic acids is 1. The molecule has 0 aliphatic carbocycles. The molecular weight excluding hydrogens is 358 g/mol. The molecule has 156 valence electrons. The molecule has 2 aromatic carbocycles. The number of anilines is 2. The number of aryl methyl sites for hydroxylation is 1. The van der Waals surface area contributed by atoms with Gasteiger partial charge in [0.05, 0.1) is 6.54 Å². The van der Waals surface area contributed by atoms with E-state index < -0.39 is 0 Å². The lowest BCUT2D eigenvalue weighted by atomic mass is 9.90. The Morgan fingerprint density at radius 1 is 1.07 bits per heavy atom. The molecule has 0 bridgehead atoms. The first-order valence-corrected chi connectivity index (χ1v) is 11.0. The summed E-state index contributed by atoms with van der Waals surface area (Å²) in [6, 6.07) is 17.0. The molecule has 4 nitrogen and oxygen atoms in total.